The van der Waals surface area contributed by atoms with Crippen LogP contribution in [0.5, 0.6) is 11.5 Å². The van der Waals surface area contributed by atoms with E-state index < -0.39 is 0 Å². The van der Waals surface area contributed by atoms with E-state index >= 15 is 0 Å². The molecule has 0 spiro atoms. The summed E-state index contributed by atoms with van der Waals surface area (Å²) in [5.41, 5.74) is 1.23. The summed E-state index contributed by atoms with van der Waals surface area (Å²) < 4.78 is 10.8. The zero-order chi connectivity index (χ0) is 18.9. The molecule has 1 aromatic rings. The van der Waals surface area contributed by atoms with Crippen LogP contribution in [0.1, 0.15) is 44.6 Å². The average molecular weight is 375 g/mol. The molecule has 2 aliphatic heterocycles. The minimum atomic E-state index is 0.324. The molecule has 2 heterocycles. The number of fused-ring (bicyclic) bond motifs is 1. The van der Waals surface area contributed by atoms with E-state index in [0.29, 0.717) is 6.79 Å². The van der Waals surface area contributed by atoms with Gasteiger partial charge < -0.3 is 25.0 Å². The Morgan fingerprint density at radius 2 is 2.00 bits per heavy atom. The van der Waals surface area contributed by atoms with Crippen molar-refractivity contribution in [1.82, 2.24) is 15.5 Å². The lowest BCUT2D eigenvalue weighted by Crippen LogP contribution is -2.40. The summed E-state index contributed by atoms with van der Waals surface area (Å²) in [6, 6.07) is 6.89. The Kier molecular flexibility index (Phi) is 7.63. The number of nitrogens with zero attached hydrogens (tertiary/aromatic N) is 2. The Labute approximate surface area is 163 Å². The fourth-order valence-corrected chi connectivity index (χ4v) is 3.78. The van der Waals surface area contributed by atoms with Crippen LogP contribution in [0.3, 0.4) is 0 Å². The molecule has 27 heavy (non-hydrogen) atoms. The van der Waals surface area contributed by atoms with Crippen molar-refractivity contribution in [3.05, 3.63) is 23.8 Å². The highest BCUT2D eigenvalue weighted by molar-refractivity contribution is 5.79. The molecule has 1 atom stereocenters. The number of likely N-dealkylation sites (tertiary alicyclic amines) is 1. The SMILES string of the molecule is CN=C(NCCCCN1CCCCC1C)NCCc1ccc2c(c1)OCO2. The van der Waals surface area contributed by atoms with Gasteiger partial charge in [0, 0.05) is 26.2 Å². The van der Waals surface area contributed by atoms with Crippen LogP contribution in [0.2, 0.25) is 0 Å². The Morgan fingerprint density at radius 3 is 2.85 bits per heavy atom. The Balaban J connectivity index is 1.28. The minimum absolute atomic E-state index is 0.324. The highest BCUT2D eigenvalue weighted by Crippen LogP contribution is 2.32. The first kappa shape index (κ1) is 19.8. The van der Waals surface area contributed by atoms with Gasteiger partial charge in [-0.15, -0.1) is 0 Å². The first-order valence-electron chi connectivity index (χ1n) is 10.3. The number of nitrogens with one attached hydrogen (secondary N) is 2. The van der Waals surface area contributed by atoms with Crippen molar-refractivity contribution in [1.29, 1.82) is 0 Å². The summed E-state index contributed by atoms with van der Waals surface area (Å²) in [4.78, 5) is 6.96. The molecule has 0 amide bonds. The van der Waals surface area contributed by atoms with E-state index in [9.17, 15) is 0 Å². The zero-order valence-corrected chi connectivity index (χ0v) is 16.8. The van der Waals surface area contributed by atoms with E-state index in [1.807, 2.05) is 13.1 Å². The van der Waals surface area contributed by atoms with Crippen LogP contribution in [0, 0.1) is 0 Å². The summed E-state index contributed by atoms with van der Waals surface area (Å²) in [5.74, 6) is 2.56. The topological polar surface area (TPSA) is 58.1 Å². The van der Waals surface area contributed by atoms with E-state index in [1.54, 1.807) is 0 Å². The number of hydrogen-bond acceptors (Lipinski definition) is 4. The maximum absolute atomic E-state index is 5.43. The van der Waals surface area contributed by atoms with Crippen molar-refractivity contribution in [2.75, 3.05) is 40.0 Å². The molecule has 1 saturated heterocycles. The number of hydrogen-bond donors (Lipinski definition) is 2. The van der Waals surface area contributed by atoms with Crippen LogP contribution in [0.4, 0.5) is 0 Å². The molecule has 6 heteroatoms. The number of ether oxygens (including phenoxy) is 2. The van der Waals surface area contributed by atoms with Crippen molar-refractivity contribution < 1.29 is 9.47 Å². The lowest BCUT2D eigenvalue weighted by Gasteiger charge is -2.33. The van der Waals surface area contributed by atoms with Gasteiger partial charge in [0.15, 0.2) is 17.5 Å². The smallest absolute Gasteiger partial charge is 0.231 e. The van der Waals surface area contributed by atoms with Gasteiger partial charge in [-0.25, -0.2) is 0 Å². The number of guanidine groups is 1. The highest BCUT2D eigenvalue weighted by atomic mass is 16.7. The number of piperidine rings is 1. The molecule has 0 radical (unpaired) electrons. The predicted molar refractivity (Wildman–Crippen MR) is 110 cm³/mol. The van der Waals surface area contributed by atoms with Crippen molar-refractivity contribution in [2.45, 2.75) is 51.5 Å². The third-order valence-electron chi connectivity index (χ3n) is 5.47. The van der Waals surface area contributed by atoms with Gasteiger partial charge in [-0.3, -0.25) is 4.99 Å². The third kappa shape index (κ3) is 6.03. The maximum atomic E-state index is 5.43. The van der Waals surface area contributed by atoms with E-state index in [0.717, 1.165) is 43.0 Å². The third-order valence-corrected chi connectivity index (χ3v) is 5.47. The predicted octanol–water partition coefficient (Wildman–Crippen LogP) is 2.78. The van der Waals surface area contributed by atoms with E-state index in [1.165, 1.54) is 50.8 Å². The van der Waals surface area contributed by atoms with Crippen LogP contribution in [-0.2, 0) is 6.42 Å². The van der Waals surface area contributed by atoms with Crippen molar-refractivity contribution in [2.24, 2.45) is 4.99 Å². The molecule has 150 valence electrons. The van der Waals surface area contributed by atoms with Crippen LogP contribution >= 0.6 is 0 Å². The molecule has 1 aromatic carbocycles. The molecule has 0 aromatic heterocycles. The Bertz CT molecular complexity index is 620. The first-order valence-corrected chi connectivity index (χ1v) is 10.3. The second kappa shape index (κ2) is 10.4. The molecule has 1 unspecified atom stereocenters. The number of rotatable bonds is 8. The van der Waals surface area contributed by atoms with Gasteiger partial charge in [0.05, 0.1) is 0 Å². The van der Waals surface area contributed by atoms with Gasteiger partial charge in [0.25, 0.3) is 0 Å². The van der Waals surface area contributed by atoms with E-state index in [-0.39, 0.29) is 0 Å². The summed E-state index contributed by atoms with van der Waals surface area (Å²) in [6.07, 6.45) is 7.45. The largest absolute Gasteiger partial charge is 0.454 e. The first-order chi connectivity index (χ1) is 13.3. The molecule has 3 rings (SSSR count). The fourth-order valence-electron chi connectivity index (χ4n) is 3.78. The van der Waals surface area contributed by atoms with Crippen LogP contribution in [-0.4, -0.2) is 56.9 Å². The zero-order valence-electron chi connectivity index (χ0n) is 16.8. The molecule has 1 fully saturated rings. The van der Waals surface area contributed by atoms with Gasteiger partial charge in [-0.1, -0.05) is 12.5 Å². The molecule has 0 aliphatic carbocycles. The number of benzene rings is 1. The maximum Gasteiger partial charge on any atom is 0.231 e. The van der Waals surface area contributed by atoms with Crippen molar-refractivity contribution >= 4 is 5.96 Å². The second-order valence-electron chi connectivity index (χ2n) is 7.45. The lowest BCUT2D eigenvalue weighted by atomic mass is 10.0. The summed E-state index contributed by atoms with van der Waals surface area (Å²) in [6.45, 7) is 6.99. The van der Waals surface area contributed by atoms with Gasteiger partial charge >= 0.3 is 0 Å². The van der Waals surface area contributed by atoms with Gasteiger partial charge in [0.2, 0.25) is 6.79 Å². The Morgan fingerprint density at radius 1 is 1.15 bits per heavy atom. The molecule has 6 nitrogen and oxygen atoms in total. The number of aliphatic imine (C=N–C) groups is 1. The van der Waals surface area contributed by atoms with E-state index in [4.69, 9.17) is 9.47 Å². The minimum Gasteiger partial charge on any atom is -0.454 e. The highest BCUT2D eigenvalue weighted by Gasteiger charge is 2.17. The second-order valence-corrected chi connectivity index (χ2v) is 7.45. The van der Waals surface area contributed by atoms with Gasteiger partial charge in [-0.05, 0) is 69.8 Å². The Hall–Kier alpha value is -1.95. The summed E-state index contributed by atoms with van der Waals surface area (Å²) >= 11 is 0. The van der Waals surface area contributed by atoms with Crippen LogP contribution in [0.15, 0.2) is 23.2 Å². The van der Waals surface area contributed by atoms with Crippen molar-refractivity contribution in [3.63, 3.8) is 0 Å². The molecular formula is C21H34N4O2. The molecule has 2 N–H and O–H groups in total. The molecular weight excluding hydrogens is 340 g/mol. The quantitative estimate of drug-likeness (QED) is 0.416. The van der Waals surface area contributed by atoms with Gasteiger partial charge in [-0.2, -0.15) is 0 Å². The van der Waals surface area contributed by atoms with Gasteiger partial charge in [0.1, 0.15) is 0 Å². The standard InChI is InChI=1S/C21H34N4O2/c1-17-7-3-5-13-25(17)14-6-4-11-23-21(22-2)24-12-10-18-8-9-19-20(15-18)27-16-26-19/h8-9,15,17H,3-7,10-14,16H2,1-2H3,(H2,22,23,24). The molecule has 0 saturated carbocycles. The fraction of sp³-hybridized carbons (Fsp3) is 0.667. The lowest BCUT2D eigenvalue weighted by molar-refractivity contribution is 0.158. The molecule has 0 bridgehead atoms. The summed E-state index contributed by atoms with van der Waals surface area (Å²) in [5, 5.41) is 6.81. The van der Waals surface area contributed by atoms with Crippen molar-refractivity contribution in [3.8, 4) is 11.5 Å². The normalized spacial score (nSPS) is 19.9. The molecule has 2 aliphatic rings. The van der Waals surface area contributed by atoms with E-state index in [2.05, 4.69) is 39.6 Å². The summed E-state index contributed by atoms with van der Waals surface area (Å²) in [7, 11) is 1.82. The monoisotopic (exact) mass is 374 g/mol. The average Bonchev–Trinajstić information content (AvgIpc) is 3.15. The van der Waals surface area contributed by atoms with Crippen LogP contribution in [0.25, 0.3) is 0 Å². The van der Waals surface area contributed by atoms with Crippen LogP contribution < -0.4 is 20.1 Å². The number of unbranched alkanes of at least 4 members (excludes halogenated alkanes) is 1.